The molecule has 0 unspecified atom stereocenters. The van der Waals surface area contributed by atoms with Gasteiger partial charge in [-0.2, -0.15) is 0 Å². The molecule has 0 aliphatic heterocycles. The van der Waals surface area contributed by atoms with Gasteiger partial charge in [0.1, 0.15) is 5.82 Å². The first-order chi connectivity index (χ1) is 11.3. The molecule has 0 radical (unpaired) electrons. The highest BCUT2D eigenvalue weighted by atomic mass is 16.6. The quantitative estimate of drug-likeness (QED) is 0.649. The molecule has 7 heteroatoms. The van der Waals surface area contributed by atoms with Crippen molar-refractivity contribution in [1.29, 1.82) is 0 Å². The van der Waals surface area contributed by atoms with Crippen LogP contribution in [0.2, 0.25) is 0 Å². The second-order valence-corrected chi connectivity index (χ2v) is 6.34. The normalized spacial score (nSPS) is 11.0. The van der Waals surface area contributed by atoms with E-state index in [0.717, 1.165) is 0 Å². The molecular weight excluding hydrogens is 308 g/mol. The largest absolute Gasteiger partial charge is 0.361 e. The first-order valence-corrected chi connectivity index (χ1v) is 7.52. The van der Waals surface area contributed by atoms with Crippen molar-refractivity contribution >= 4 is 17.4 Å². The number of hydrogen-bond donors (Lipinski definition) is 2. The van der Waals surface area contributed by atoms with Crippen LogP contribution in [0.5, 0.6) is 0 Å². The molecule has 0 spiro atoms. The number of nitro groups is 1. The summed E-state index contributed by atoms with van der Waals surface area (Å²) in [5.74, 6) is 0.229. The summed E-state index contributed by atoms with van der Waals surface area (Å²) in [7, 11) is 0. The van der Waals surface area contributed by atoms with Gasteiger partial charge in [0.2, 0.25) is 5.91 Å². The van der Waals surface area contributed by atoms with Gasteiger partial charge in [-0.05, 0) is 26.8 Å². The third-order valence-corrected chi connectivity index (χ3v) is 3.06. The third-order valence-electron chi connectivity index (χ3n) is 3.06. The van der Waals surface area contributed by atoms with Gasteiger partial charge in [0.25, 0.3) is 5.69 Å². The Labute approximate surface area is 140 Å². The predicted molar refractivity (Wildman–Crippen MR) is 92.7 cm³/mol. The van der Waals surface area contributed by atoms with Gasteiger partial charge in [0.05, 0.1) is 11.5 Å². The van der Waals surface area contributed by atoms with Crippen molar-refractivity contribution < 1.29 is 9.72 Å². The fraction of sp³-hybridized carbons (Fsp3) is 0.294. The Morgan fingerprint density at radius 1 is 1.17 bits per heavy atom. The Balaban J connectivity index is 2.21. The predicted octanol–water partition coefficient (Wildman–Crippen LogP) is 2.98. The average Bonchev–Trinajstić information content (AvgIpc) is 2.52. The van der Waals surface area contributed by atoms with E-state index < -0.39 is 4.92 Å². The van der Waals surface area contributed by atoms with Crippen LogP contribution < -0.4 is 10.6 Å². The minimum absolute atomic E-state index is 0.0380. The highest BCUT2D eigenvalue weighted by molar-refractivity contribution is 5.81. The molecule has 2 N–H and O–H groups in total. The molecule has 126 valence electrons. The zero-order valence-electron chi connectivity index (χ0n) is 13.9. The highest BCUT2D eigenvalue weighted by Gasteiger charge is 2.18. The van der Waals surface area contributed by atoms with E-state index in [2.05, 4.69) is 15.6 Å². The van der Waals surface area contributed by atoms with Gasteiger partial charge in [-0.25, -0.2) is 4.98 Å². The maximum atomic E-state index is 11.9. The Bertz CT molecular complexity index is 739. The number of amides is 1. The van der Waals surface area contributed by atoms with Crippen molar-refractivity contribution in [3.8, 4) is 11.3 Å². The topological polar surface area (TPSA) is 97.2 Å². The number of carbonyl (C=O) groups is 1. The van der Waals surface area contributed by atoms with Gasteiger partial charge < -0.3 is 10.6 Å². The lowest BCUT2D eigenvalue weighted by atomic mass is 10.1. The molecule has 0 bridgehead atoms. The fourth-order valence-electron chi connectivity index (χ4n) is 2.14. The number of anilines is 1. The van der Waals surface area contributed by atoms with Gasteiger partial charge in [0, 0.05) is 17.2 Å². The zero-order valence-corrected chi connectivity index (χ0v) is 13.9. The SMILES string of the molecule is CC(C)(C)NC(=O)CNc1ccc([N+](=O)[O-])c(-c2ccccc2)n1. The van der Waals surface area contributed by atoms with Crippen molar-refractivity contribution in [3.63, 3.8) is 0 Å². The van der Waals surface area contributed by atoms with E-state index in [1.165, 1.54) is 12.1 Å². The van der Waals surface area contributed by atoms with E-state index in [1.807, 2.05) is 26.8 Å². The lowest BCUT2D eigenvalue weighted by molar-refractivity contribution is -0.384. The van der Waals surface area contributed by atoms with Crippen molar-refractivity contribution in [2.45, 2.75) is 26.3 Å². The number of pyridine rings is 1. The smallest absolute Gasteiger partial charge is 0.295 e. The van der Waals surface area contributed by atoms with Crippen molar-refractivity contribution in [3.05, 3.63) is 52.6 Å². The van der Waals surface area contributed by atoms with Crippen LogP contribution in [0.1, 0.15) is 20.8 Å². The summed E-state index contributed by atoms with van der Waals surface area (Å²) >= 11 is 0. The first kappa shape index (κ1) is 17.4. The van der Waals surface area contributed by atoms with Crippen LogP contribution >= 0.6 is 0 Å². The molecule has 1 amide bonds. The molecule has 0 aliphatic rings. The molecular formula is C17H20N4O3. The average molecular weight is 328 g/mol. The highest BCUT2D eigenvalue weighted by Crippen LogP contribution is 2.29. The van der Waals surface area contributed by atoms with E-state index in [0.29, 0.717) is 11.4 Å². The fourth-order valence-corrected chi connectivity index (χ4v) is 2.14. The molecule has 24 heavy (non-hydrogen) atoms. The van der Waals surface area contributed by atoms with Crippen LogP contribution in [0.25, 0.3) is 11.3 Å². The summed E-state index contributed by atoms with van der Waals surface area (Å²) < 4.78 is 0. The van der Waals surface area contributed by atoms with Gasteiger partial charge in [0.15, 0.2) is 5.69 Å². The second-order valence-electron chi connectivity index (χ2n) is 6.34. The van der Waals surface area contributed by atoms with E-state index in [9.17, 15) is 14.9 Å². The van der Waals surface area contributed by atoms with Crippen LogP contribution in [-0.4, -0.2) is 27.9 Å². The van der Waals surface area contributed by atoms with Gasteiger partial charge in [-0.3, -0.25) is 14.9 Å². The van der Waals surface area contributed by atoms with Crippen LogP contribution in [-0.2, 0) is 4.79 Å². The standard InChI is InChI=1S/C17H20N4O3/c1-17(2,3)20-15(22)11-18-14-10-9-13(21(23)24)16(19-14)12-7-5-4-6-8-12/h4-10H,11H2,1-3H3,(H,18,19)(H,20,22). The minimum Gasteiger partial charge on any atom is -0.361 e. The molecule has 1 aromatic heterocycles. The van der Waals surface area contributed by atoms with E-state index in [1.54, 1.807) is 24.3 Å². The molecule has 2 aromatic rings. The lowest BCUT2D eigenvalue weighted by Crippen LogP contribution is -2.43. The summed E-state index contributed by atoms with van der Waals surface area (Å²) in [5.41, 5.74) is 0.511. The summed E-state index contributed by atoms with van der Waals surface area (Å²) in [5, 5.41) is 16.9. The second kappa shape index (κ2) is 7.08. The van der Waals surface area contributed by atoms with Crippen LogP contribution in [0, 0.1) is 10.1 Å². The number of rotatable bonds is 5. The van der Waals surface area contributed by atoms with Gasteiger partial charge in [-0.1, -0.05) is 30.3 Å². The Morgan fingerprint density at radius 2 is 1.83 bits per heavy atom. The molecule has 2 rings (SSSR count). The molecule has 0 atom stereocenters. The van der Waals surface area contributed by atoms with Crippen molar-refractivity contribution in [2.75, 3.05) is 11.9 Å². The molecule has 0 aliphatic carbocycles. The lowest BCUT2D eigenvalue weighted by Gasteiger charge is -2.20. The molecule has 1 heterocycles. The number of nitrogens with zero attached hydrogens (tertiary/aromatic N) is 2. The Hall–Kier alpha value is -2.96. The van der Waals surface area contributed by atoms with E-state index >= 15 is 0 Å². The van der Waals surface area contributed by atoms with Crippen LogP contribution in [0.4, 0.5) is 11.5 Å². The molecule has 7 nitrogen and oxygen atoms in total. The number of aromatic nitrogens is 1. The first-order valence-electron chi connectivity index (χ1n) is 7.52. The van der Waals surface area contributed by atoms with Crippen LogP contribution in [0.3, 0.4) is 0 Å². The summed E-state index contributed by atoms with van der Waals surface area (Å²) in [6, 6.07) is 11.8. The maximum absolute atomic E-state index is 11.9. The molecule has 1 aromatic carbocycles. The summed E-state index contributed by atoms with van der Waals surface area (Å²) in [4.78, 5) is 26.9. The van der Waals surface area contributed by atoms with Gasteiger partial charge in [-0.15, -0.1) is 0 Å². The van der Waals surface area contributed by atoms with Crippen molar-refractivity contribution in [2.24, 2.45) is 0 Å². The maximum Gasteiger partial charge on any atom is 0.295 e. The number of carbonyl (C=O) groups excluding carboxylic acids is 1. The monoisotopic (exact) mass is 328 g/mol. The van der Waals surface area contributed by atoms with Gasteiger partial charge >= 0.3 is 0 Å². The molecule has 0 fully saturated rings. The zero-order chi connectivity index (χ0) is 17.7. The number of benzene rings is 1. The molecule has 0 saturated heterocycles. The number of nitrogens with one attached hydrogen (secondary N) is 2. The van der Waals surface area contributed by atoms with Crippen LogP contribution in [0.15, 0.2) is 42.5 Å². The minimum atomic E-state index is -0.467. The molecule has 0 saturated carbocycles. The summed E-state index contributed by atoms with van der Waals surface area (Å²) in [6.45, 7) is 5.71. The Kier molecular flexibility index (Phi) is 5.13. The van der Waals surface area contributed by atoms with E-state index in [4.69, 9.17) is 0 Å². The van der Waals surface area contributed by atoms with Crippen molar-refractivity contribution in [1.82, 2.24) is 10.3 Å². The summed E-state index contributed by atoms with van der Waals surface area (Å²) in [6.07, 6.45) is 0. The third kappa shape index (κ3) is 4.77. The number of hydrogen-bond acceptors (Lipinski definition) is 5. The Morgan fingerprint density at radius 3 is 2.42 bits per heavy atom. The van der Waals surface area contributed by atoms with E-state index in [-0.39, 0.29) is 29.4 Å².